The van der Waals surface area contributed by atoms with Crippen LogP contribution in [0.1, 0.15) is 33.6 Å². The molecule has 0 saturated heterocycles. The summed E-state index contributed by atoms with van der Waals surface area (Å²) >= 11 is 0. The standard InChI is InChI=1S/C19H23NO3/c1-4-12-22-18-13-15(10-11-20-18)16-8-6-7-9-17(16)23-19(21)14(3)5-2/h6-11,13-14H,4-5,12H2,1-3H3. The number of rotatable bonds is 7. The molecule has 0 saturated carbocycles. The molecule has 0 aliphatic rings. The molecule has 122 valence electrons. The van der Waals surface area contributed by atoms with Crippen molar-refractivity contribution in [3.8, 4) is 22.8 Å². The number of nitrogens with zero attached hydrogens (tertiary/aromatic N) is 1. The van der Waals surface area contributed by atoms with Crippen LogP contribution in [0, 0.1) is 5.92 Å². The van der Waals surface area contributed by atoms with Crippen LogP contribution in [0.2, 0.25) is 0 Å². The first kappa shape index (κ1) is 17.0. The fourth-order valence-corrected chi connectivity index (χ4v) is 2.03. The van der Waals surface area contributed by atoms with E-state index in [0.717, 1.165) is 24.0 Å². The van der Waals surface area contributed by atoms with Gasteiger partial charge in [0, 0.05) is 17.8 Å². The molecule has 0 bridgehead atoms. The highest BCUT2D eigenvalue weighted by molar-refractivity contribution is 5.79. The number of ether oxygens (including phenoxy) is 2. The van der Waals surface area contributed by atoms with Gasteiger partial charge < -0.3 is 9.47 Å². The second-order valence-electron chi connectivity index (χ2n) is 5.46. The highest BCUT2D eigenvalue weighted by Crippen LogP contribution is 2.31. The van der Waals surface area contributed by atoms with Crippen molar-refractivity contribution in [2.24, 2.45) is 5.92 Å². The van der Waals surface area contributed by atoms with Gasteiger partial charge in [-0.2, -0.15) is 0 Å². The zero-order valence-electron chi connectivity index (χ0n) is 13.9. The molecule has 0 radical (unpaired) electrons. The number of pyridine rings is 1. The van der Waals surface area contributed by atoms with Crippen LogP contribution in [0.3, 0.4) is 0 Å². The van der Waals surface area contributed by atoms with Crippen molar-refractivity contribution < 1.29 is 14.3 Å². The maximum Gasteiger partial charge on any atom is 0.314 e. The molecule has 4 nitrogen and oxygen atoms in total. The third-order valence-electron chi connectivity index (χ3n) is 3.61. The number of aromatic nitrogens is 1. The number of hydrogen-bond acceptors (Lipinski definition) is 4. The second kappa shape index (κ2) is 8.32. The first-order chi connectivity index (χ1) is 11.2. The Hall–Kier alpha value is -2.36. The van der Waals surface area contributed by atoms with Crippen LogP contribution in [-0.4, -0.2) is 17.6 Å². The van der Waals surface area contributed by atoms with Gasteiger partial charge in [-0.05, 0) is 30.5 Å². The van der Waals surface area contributed by atoms with Crippen molar-refractivity contribution in [1.29, 1.82) is 0 Å². The second-order valence-corrected chi connectivity index (χ2v) is 5.46. The minimum absolute atomic E-state index is 0.121. The molecule has 0 aliphatic carbocycles. The first-order valence-electron chi connectivity index (χ1n) is 8.05. The van der Waals surface area contributed by atoms with Gasteiger partial charge in [0.15, 0.2) is 0 Å². The van der Waals surface area contributed by atoms with Crippen molar-refractivity contribution in [2.75, 3.05) is 6.61 Å². The van der Waals surface area contributed by atoms with E-state index < -0.39 is 0 Å². The molecule has 0 amide bonds. The molecule has 1 unspecified atom stereocenters. The summed E-state index contributed by atoms with van der Waals surface area (Å²) in [6.07, 6.45) is 3.38. The van der Waals surface area contributed by atoms with E-state index in [1.54, 1.807) is 6.20 Å². The Morgan fingerprint density at radius 2 is 2.00 bits per heavy atom. The first-order valence-corrected chi connectivity index (χ1v) is 8.05. The van der Waals surface area contributed by atoms with Crippen molar-refractivity contribution in [3.05, 3.63) is 42.6 Å². The van der Waals surface area contributed by atoms with Crippen molar-refractivity contribution in [3.63, 3.8) is 0 Å². The lowest BCUT2D eigenvalue weighted by atomic mass is 10.1. The van der Waals surface area contributed by atoms with Crippen molar-refractivity contribution in [1.82, 2.24) is 4.98 Å². The van der Waals surface area contributed by atoms with Crippen LogP contribution in [0.5, 0.6) is 11.6 Å². The van der Waals surface area contributed by atoms with Crippen molar-refractivity contribution >= 4 is 5.97 Å². The fraction of sp³-hybridized carbons (Fsp3) is 0.368. The normalized spacial score (nSPS) is 11.8. The highest BCUT2D eigenvalue weighted by Gasteiger charge is 2.16. The molecule has 0 spiro atoms. The summed E-state index contributed by atoms with van der Waals surface area (Å²) in [6.45, 7) is 6.51. The molecule has 1 aromatic heterocycles. The molecular weight excluding hydrogens is 290 g/mol. The van der Waals surface area contributed by atoms with E-state index in [0.29, 0.717) is 18.2 Å². The van der Waals surface area contributed by atoms with Gasteiger partial charge in [0.1, 0.15) is 5.75 Å². The van der Waals surface area contributed by atoms with E-state index in [9.17, 15) is 4.79 Å². The summed E-state index contributed by atoms with van der Waals surface area (Å²) in [7, 11) is 0. The Bertz CT molecular complexity index is 655. The van der Waals surface area contributed by atoms with Crippen LogP contribution in [-0.2, 0) is 4.79 Å². The van der Waals surface area contributed by atoms with Gasteiger partial charge in [0.05, 0.1) is 12.5 Å². The average molecular weight is 313 g/mol. The van der Waals surface area contributed by atoms with Crippen LogP contribution in [0.4, 0.5) is 0 Å². The Kier molecular flexibility index (Phi) is 6.15. The third-order valence-corrected chi connectivity index (χ3v) is 3.61. The fourth-order valence-electron chi connectivity index (χ4n) is 2.03. The van der Waals surface area contributed by atoms with Gasteiger partial charge in [0.25, 0.3) is 0 Å². The predicted molar refractivity (Wildman–Crippen MR) is 90.5 cm³/mol. The lowest BCUT2D eigenvalue weighted by Crippen LogP contribution is -2.17. The molecule has 0 aliphatic heterocycles. The summed E-state index contributed by atoms with van der Waals surface area (Å²) in [5, 5.41) is 0. The Balaban J connectivity index is 2.28. The van der Waals surface area contributed by atoms with Crippen LogP contribution in [0.15, 0.2) is 42.6 Å². The maximum atomic E-state index is 12.1. The summed E-state index contributed by atoms with van der Waals surface area (Å²) in [6, 6.07) is 11.3. The summed E-state index contributed by atoms with van der Waals surface area (Å²) < 4.78 is 11.1. The number of hydrogen-bond donors (Lipinski definition) is 0. The smallest absolute Gasteiger partial charge is 0.314 e. The van der Waals surface area contributed by atoms with Crippen LogP contribution >= 0.6 is 0 Å². The number of esters is 1. The van der Waals surface area contributed by atoms with Crippen LogP contribution in [0.25, 0.3) is 11.1 Å². The zero-order valence-corrected chi connectivity index (χ0v) is 13.9. The number of benzene rings is 1. The van der Waals surface area contributed by atoms with Gasteiger partial charge in [-0.25, -0.2) is 4.98 Å². The molecule has 1 heterocycles. The minimum Gasteiger partial charge on any atom is -0.478 e. The number of para-hydroxylation sites is 1. The Labute approximate surface area is 137 Å². The van der Waals surface area contributed by atoms with E-state index >= 15 is 0 Å². The van der Waals surface area contributed by atoms with E-state index in [-0.39, 0.29) is 11.9 Å². The van der Waals surface area contributed by atoms with Gasteiger partial charge in [-0.15, -0.1) is 0 Å². The molecule has 1 atom stereocenters. The Morgan fingerprint density at radius 3 is 2.74 bits per heavy atom. The van der Waals surface area contributed by atoms with Crippen molar-refractivity contribution in [2.45, 2.75) is 33.6 Å². The summed E-state index contributed by atoms with van der Waals surface area (Å²) in [5.74, 6) is 0.804. The summed E-state index contributed by atoms with van der Waals surface area (Å²) in [5.41, 5.74) is 1.77. The van der Waals surface area contributed by atoms with Gasteiger partial charge in [0.2, 0.25) is 5.88 Å². The summed E-state index contributed by atoms with van der Waals surface area (Å²) in [4.78, 5) is 16.3. The molecule has 2 rings (SSSR count). The molecule has 4 heteroatoms. The molecule has 23 heavy (non-hydrogen) atoms. The Morgan fingerprint density at radius 1 is 1.22 bits per heavy atom. The molecule has 2 aromatic rings. The quantitative estimate of drug-likeness (QED) is 0.558. The zero-order chi connectivity index (χ0) is 16.7. The molecule has 0 N–H and O–H groups in total. The van der Waals surface area contributed by atoms with Gasteiger partial charge in [-0.1, -0.05) is 39.0 Å². The molecule has 0 fully saturated rings. The van der Waals surface area contributed by atoms with Gasteiger partial charge in [-0.3, -0.25) is 4.79 Å². The monoisotopic (exact) mass is 313 g/mol. The lowest BCUT2D eigenvalue weighted by molar-refractivity contribution is -0.138. The molecule has 1 aromatic carbocycles. The van der Waals surface area contributed by atoms with Gasteiger partial charge >= 0.3 is 5.97 Å². The molecular formula is C19H23NO3. The SMILES string of the molecule is CCCOc1cc(-c2ccccc2OC(=O)C(C)CC)ccn1. The predicted octanol–water partition coefficient (Wildman–Crippen LogP) is 4.49. The largest absolute Gasteiger partial charge is 0.478 e. The van der Waals surface area contributed by atoms with Crippen LogP contribution < -0.4 is 9.47 Å². The number of carbonyl (C=O) groups excluding carboxylic acids is 1. The van der Waals surface area contributed by atoms with E-state index in [1.165, 1.54) is 0 Å². The highest BCUT2D eigenvalue weighted by atomic mass is 16.5. The lowest BCUT2D eigenvalue weighted by Gasteiger charge is -2.13. The topological polar surface area (TPSA) is 48.4 Å². The minimum atomic E-state index is -0.212. The van der Waals surface area contributed by atoms with E-state index in [4.69, 9.17) is 9.47 Å². The van der Waals surface area contributed by atoms with E-state index in [1.807, 2.05) is 57.2 Å². The van der Waals surface area contributed by atoms with E-state index in [2.05, 4.69) is 4.98 Å². The third kappa shape index (κ3) is 4.55. The average Bonchev–Trinajstić information content (AvgIpc) is 2.59. The maximum absolute atomic E-state index is 12.1. The number of carbonyl (C=O) groups is 1.